The Balaban J connectivity index is 2.01. The number of nitrogens with zero attached hydrogens (tertiary/aromatic N) is 1. The minimum Gasteiger partial charge on any atom is -0.267 e. The molecule has 0 atom stereocenters. The maximum absolute atomic E-state index is 11.8. The Bertz CT molecular complexity index is 642. The summed E-state index contributed by atoms with van der Waals surface area (Å²) in [6, 6.07) is 8.45. The third kappa shape index (κ3) is 4.04. The number of amides is 1. The van der Waals surface area contributed by atoms with Crippen LogP contribution in [-0.2, 0) is 0 Å². The summed E-state index contributed by atoms with van der Waals surface area (Å²) in [5.74, 6) is -0.342. The summed E-state index contributed by atoms with van der Waals surface area (Å²) in [6.07, 6.45) is 1.57. The van der Waals surface area contributed by atoms with Gasteiger partial charge in [0.1, 0.15) is 0 Å². The number of halogens is 3. The Labute approximate surface area is 132 Å². The summed E-state index contributed by atoms with van der Waals surface area (Å²) in [5, 5.41) is 4.61. The molecule has 0 radical (unpaired) electrons. The van der Waals surface area contributed by atoms with Crippen LogP contribution in [0.15, 0.2) is 39.2 Å². The van der Waals surface area contributed by atoms with Gasteiger partial charge in [-0.3, -0.25) is 4.79 Å². The average Bonchev–Trinajstić information content (AvgIpc) is 2.78. The van der Waals surface area contributed by atoms with Crippen LogP contribution in [-0.4, -0.2) is 12.1 Å². The molecule has 0 bridgehead atoms. The van der Waals surface area contributed by atoms with Gasteiger partial charge in [-0.15, -0.1) is 11.3 Å². The SMILES string of the molecule is O=C(N/N=C/c1ccc(Br)s1)c1ccc(Cl)c(Cl)c1. The quantitative estimate of drug-likeness (QED) is 0.617. The molecule has 0 fully saturated rings. The number of nitrogens with one attached hydrogen (secondary N) is 1. The molecule has 2 aromatic rings. The van der Waals surface area contributed by atoms with Crippen molar-refractivity contribution >= 4 is 62.6 Å². The number of benzene rings is 1. The minimum absolute atomic E-state index is 0.334. The van der Waals surface area contributed by atoms with E-state index in [-0.39, 0.29) is 5.91 Å². The summed E-state index contributed by atoms with van der Waals surface area (Å²) in [4.78, 5) is 12.7. The van der Waals surface area contributed by atoms with Crippen LogP contribution in [0.1, 0.15) is 15.2 Å². The summed E-state index contributed by atoms with van der Waals surface area (Å²) in [6.45, 7) is 0. The molecule has 1 aromatic carbocycles. The minimum atomic E-state index is -0.342. The Morgan fingerprint density at radius 2 is 2.05 bits per heavy atom. The first kappa shape index (κ1) is 14.5. The van der Waals surface area contributed by atoms with E-state index in [9.17, 15) is 4.79 Å². The van der Waals surface area contributed by atoms with Crippen LogP contribution in [0.2, 0.25) is 10.0 Å². The van der Waals surface area contributed by atoms with Gasteiger partial charge in [0.05, 0.1) is 20.0 Å². The molecular formula is C12H7BrCl2N2OS. The molecule has 1 N–H and O–H groups in total. The standard InChI is InChI=1S/C12H7BrCl2N2OS/c13-11-4-2-8(19-11)6-16-17-12(18)7-1-3-9(14)10(15)5-7/h1-6H,(H,17,18)/b16-6+. The summed E-state index contributed by atoms with van der Waals surface area (Å²) >= 11 is 16.5. The molecule has 0 aliphatic heterocycles. The van der Waals surface area contributed by atoms with E-state index in [1.807, 2.05) is 12.1 Å². The van der Waals surface area contributed by atoms with Gasteiger partial charge in [-0.05, 0) is 46.3 Å². The number of hydrogen-bond donors (Lipinski definition) is 1. The maximum atomic E-state index is 11.8. The number of rotatable bonds is 3. The summed E-state index contributed by atoms with van der Waals surface area (Å²) in [7, 11) is 0. The van der Waals surface area contributed by atoms with E-state index in [1.165, 1.54) is 17.4 Å². The van der Waals surface area contributed by atoms with Gasteiger partial charge >= 0.3 is 0 Å². The van der Waals surface area contributed by atoms with Gasteiger partial charge in [-0.25, -0.2) is 5.43 Å². The van der Waals surface area contributed by atoms with Crippen LogP contribution in [0, 0.1) is 0 Å². The van der Waals surface area contributed by atoms with Crippen molar-refractivity contribution in [2.45, 2.75) is 0 Å². The molecule has 2 rings (SSSR count). The zero-order valence-electron chi connectivity index (χ0n) is 9.36. The lowest BCUT2D eigenvalue weighted by Crippen LogP contribution is -2.17. The molecular weight excluding hydrogens is 371 g/mol. The molecule has 1 amide bonds. The zero-order valence-corrected chi connectivity index (χ0v) is 13.3. The number of hydrazone groups is 1. The lowest BCUT2D eigenvalue weighted by Gasteiger charge is -2.01. The highest BCUT2D eigenvalue weighted by Crippen LogP contribution is 2.22. The second kappa shape index (κ2) is 6.52. The van der Waals surface area contributed by atoms with Crippen LogP contribution >= 0.6 is 50.5 Å². The number of carbonyl (C=O) groups is 1. The van der Waals surface area contributed by atoms with Crippen LogP contribution < -0.4 is 5.43 Å². The van der Waals surface area contributed by atoms with Crippen molar-refractivity contribution in [1.82, 2.24) is 5.43 Å². The zero-order chi connectivity index (χ0) is 13.8. The van der Waals surface area contributed by atoms with E-state index in [0.29, 0.717) is 15.6 Å². The molecule has 0 saturated carbocycles. The van der Waals surface area contributed by atoms with Crippen molar-refractivity contribution in [3.8, 4) is 0 Å². The van der Waals surface area contributed by atoms with Crippen LogP contribution in [0.5, 0.6) is 0 Å². The fraction of sp³-hybridized carbons (Fsp3) is 0. The molecule has 0 aliphatic rings. The molecule has 0 saturated heterocycles. The average molecular weight is 378 g/mol. The number of hydrogen-bond acceptors (Lipinski definition) is 3. The second-order valence-electron chi connectivity index (χ2n) is 3.47. The number of carbonyl (C=O) groups excluding carboxylic acids is 1. The van der Waals surface area contributed by atoms with Crippen LogP contribution in [0.25, 0.3) is 0 Å². The van der Waals surface area contributed by atoms with Gasteiger partial charge in [-0.2, -0.15) is 5.10 Å². The van der Waals surface area contributed by atoms with Crippen LogP contribution in [0.3, 0.4) is 0 Å². The van der Waals surface area contributed by atoms with Gasteiger partial charge in [-0.1, -0.05) is 23.2 Å². The molecule has 98 valence electrons. The lowest BCUT2D eigenvalue weighted by molar-refractivity contribution is 0.0955. The maximum Gasteiger partial charge on any atom is 0.271 e. The molecule has 0 aliphatic carbocycles. The van der Waals surface area contributed by atoms with Gasteiger partial charge in [0.15, 0.2) is 0 Å². The van der Waals surface area contributed by atoms with Gasteiger partial charge in [0, 0.05) is 10.4 Å². The van der Waals surface area contributed by atoms with Gasteiger partial charge < -0.3 is 0 Å². The smallest absolute Gasteiger partial charge is 0.267 e. The molecule has 0 spiro atoms. The Hall–Kier alpha value is -0.880. The van der Waals surface area contributed by atoms with E-state index in [0.717, 1.165) is 8.66 Å². The highest BCUT2D eigenvalue weighted by Gasteiger charge is 2.06. The number of thiophene rings is 1. The van der Waals surface area contributed by atoms with E-state index in [1.54, 1.807) is 18.3 Å². The molecule has 7 heteroatoms. The van der Waals surface area contributed by atoms with Crippen LogP contribution in [0.4, 0.5) is 0 Å². The van der Waals surface area contributed by atoms with Gasteiger partial charge in [0.25, 0.3) is 5.91 Å². The first-order valence-corrected chi connectivity index (χ1v) is 7.46. The molecule has 3 nitrogen and oxygen atoms in total. The van der Waals surface area contributed by atoms with E-state index in [2.05, 4.69) is 26.5 Å². The third-order valence-corrected chi connectivity index (χ3v) is 4.43. The third-order valence-electron chi connectivity index (χ3n) is 2.13. The second-order valence-corrected chi connectivity index (χ2v) is 6.78. The van der Waals surface area contributed by atoms with Crippen molar-refractivity contribution in [2.24, 2.45) is 5.10 Å². The van der Waals surface area contributed by atoms with E-state index in [4.69, 9.17) is 23.2 Å². The fourth-order valence-electron chi connectivity index (χ4n) is 1.25. The summed E-state index contributed by atoms with van der Waals surface area (Å²) in [5.41, 5.74) is 2.83. The highest BCUT2D eigenvalue weighted by molar-refractivity contribution is 9.11. The monoisotopic (exact) mass is 376 g/mol. The van der Waals surface area contributed by atoms with Crippen molar-refractivity contribution in [2.75, 3.05) is 0 Å². The van der Waals surface area contributed by atoms with Crippen molar-refractivity contribution in [3.63, 3.8) is 0 Å². The van der Waals surface area contributed by atoms with Crippen molar-refractivity contribution < 1.29 is 4.79 Å². The molecule has 1 heterocycles. The summed E-state index contributed by atoms with van der Waals surface area (Å²) < 4.78 is 1.00. The Kier molecular flexibility index (Phi) is 4.99. The Morgan fingerprint density at radius 1 is 1.26 bits per heavy atom. The lowest BCUT2D eigenvalue weighted by atomic mass is 10.2. The normalized spacial score (nSPS) is 10.9. The Morgan fingerprint density at radius 3 is 2.68 bits per heavy atom. The van der Waals surface area contributed by atoms with Gasteiger partial charge in [0.2, 0.25) is 0 Å². The predicted molar refractivity (Wildman–Crippen MR) is 83.5 cm³/mol. The van der Waals surface area contributed by atoms with Crippen molar-refractivity contribution in [1.29, 1.82) is 0 Å². The predicted octanol–water partition coefficient (Wildman–Crippen LogP) is 4.58. The topological polar surface area (TPSA) is 41.5 Å². The molecule has 1 aromatic heterocycles. The van der Waals surface area contributed by atoms with E-state index < -0.39 is 0 Å². The fourth-order valence-corrected chi connectivity index (χ4v) is 2.85. The van der Waals surface area contributed by atoms with Crippen molar-refractivity contribution in [3.05, 3.63) is 54.6 Å². The first-order chi connectivity index (χ1) is 9.06. The highest BCUT2D eigenvalue weighted by atomic mass is 79.9. The molecule has 19 heavy (non-hydrogen) atoms. The van der Waals surface area contributed by atoms with E-state index >= 15 is 0 Å². The largest absolute Gasteiger partial charge is 0.271 e. The first-order valence-electron chi connectivity index (χ1n) is 5.10. The molecule has 0 unspecified atom stereocenters.